The second-order valence-electron chi connectivity index (χ2n) is 8.30. The molecule has 0 saturated carbocycles. The van der Waals surface area contributed by atoms with Gasteiger partial charge < -0.3 is 14.5 Å². The number of halogens is 1. The maximum Gasteiger partial charge on any atom is 0.248 e. The Kier molecular flexibility index (Phi) is 6.31. The van der Waals surface area contributed by atoms with E-state index in [2.05, 4.69) is 19.2 Å². The Labute approximate surface area is 192 Å². The minimum absolute atomic E-state index is 0.224. The summed E-state index contributed by atoms with van der Waals surface area (Å²) in [5, 5.41) is 3.77. The quantitative estimate of drug-likeness (QED) is 0.316. The molecule has 0 aliphatic heterocycles. The SMILES string of the molecule is COc1cc2occ(-c3ccc(F)cc3)c2cc1/C(C)=C/C(=O)Nc1ccc(C(C)C)cc1. The number of hydrogen-bond donors (Lipinski definition) is 1. The smallest absolute Gasteiger partial charge is 0.248 e. The van der Waals surface area contributed by atoms with Crippen molar-refractivity contribution in [3.8, 4) is 16.9 Å². The van der Waals surface area contributed by atoms with Gasteiger partial charge in [0.15, 0.2) is 0 Å². The zero-order valence-corrected chi connectivity index (χ0v) is 19.1. The van der Waals surface area contributed by atoms with Crippen molar-refractivity contribution in [2.45, 2.75) is 26.7 Å². The van der Waals surface area contributed by atoms with Crippen LogP contribution in [0.5, 0.6) is 5.75 Å². The summed E-state index contributed by atoms with van der Waals surface area (Å²) >= 11 is 0. The standard InChI is InChI=1S/C28H26FNO3/c1-17(2)19-7-11-22(12-8-19)30-28(31)13-18(3)23-14-24-25(20-5-9-21(29)10-6-20)16-33-27(24)15-26(23)32-4/h5-17H,1-4H3,(H,30,31)/b18-13+. The van der Waals surface area contributed by atoms with Gasteiger partial charge in [-0.05, 0) is 59.9 Å². The summed E-state index contributed by atoms with van der Waals surface area (Å²) in [7, 11) is 1.58. The number of fused-ring (bicyclic) bond motifs is 1. The Hall–Kier alpha value is -3.86. The highest BCUT2D eigenvalue weighted by atomic mass is 19.1. The Bertz CT molecular complexity index is 1320. The molecule has 0 saturated heterocycles. The molecule has 4 nitrogen and oxygen atoms in total. The first-order chi connectivity index (χ1) is 15.9. The van der Waals surface area contributed by atoms with Crippen LogP contribution < -0.4 is 10.1 Å². The van der Waals surface area contributed by atoms with Crippen LogP contribution in [0, 0.1) is 5.82 Å². The molecule has 3 aromatic carbocycles. The van der Waals surface area contributed by atoms with E-state index in [1.54, 1.807) is 37.6 Å². The van der Waals surface area contributed by atoms with Crippen LogP contribution in [0.4, 0.5) is 10.1 Å². The fraction of sp³-hybridized carbons (Fsp3) is 0.179. The number of rotatable bonds is 6. The zero-order chi connectivity index (χ0) is 23.5. The highest BCUT2D eigenvalue weighted by Gasteiger charge is 2.15. The topological polar surface area (TPSA) is 51.5 Å². The number of benzene rings is 3. The first kappa shape index (κ1) is 22.3. The largest absolute Gasteiger partial charge is 0.496 e. The second-order valence-corrected chi connectivity index (χ2v) is 8.30. The van der Waals surface area contributed by atoms with Gasteiger partial charge in [0.25, 0.3) is 0 Å². The number of nitrogens with one attached hydrogen (secondary N) is 1. The van der Waals surface area contributed by atoms with Crippen molar-refractivity contribution in [1.82, 2.24) is 0 Å². The van der Waals surface area contributed by atoms with E-state index in [0.717, 1.165) is 33.3 Å². The van der Waals surface area contributed by atoms with E-state index in [1.165, 1.54) is 17.7 Å². The lowest BCUT2D eigenvalue weighted by molar-refractivity contribution is -0.111. The van der Waals surface area contributed by atoms with Gasteiger partial charge in [-0.15, -0.1) is 0 Å². The van der Waals surface area contributed by atoms with Crippen molar-refractivity contribution in [2.24, 2.45) is 0 Å². The first-order valence-corrected chi connectivity index (χ1v) is 10.8. The Morgan fingerprint density at radius 1 is 1.06 bits per heavy atom. The number of carbonyl (C=O) groups excluding carboxylic acids is 1. The van der Waals surface area contributed by atoms with E-state index < -0.39 is 0 Å². The van der Waals surface area contributed by atoms with Gasteiger partial charge in [-0.2, -0.15) is 0 Å². The van der Waals surface area contributed by atoms with Gasteiger partial charge in [0.05, 0.1) is 13.4 Å². The molecule has 33 heavy (non-hydrogen) atoms. The van der Waals surface area contributed by atoms with Gasteiger partial charge >= 0.3 is 0 Å². The summed E-state index contributed by atoms with van der Waals surface area (Å²) in [4.78, 5) is 12.7. The molecule has 0 aliphatic rings. The lowest BCUT2D eigenvalue weighted by Gasteiger charge is -2.11. The number of amides is 1. The molecule has 1 heterocycles. The van der Waals surface area contributed by atoms with Crippen molar-refractivity contribution < 1.29 is 18.3 Å². The van der Waals surface area contributed by atoms with E-state index in [0.29, 0.717) is 17.3 Å². The highest BCUT2D eigenvalue weighted by Crippen LogP contribution is 2.37. The van der Waals surface area contributed by atoms with Gasteiger partial charge in [0.1, 0.15) is 17.1 Å². The molecule has 0 bridgehead atoms. The maximum atomic E-state index is 13.4. The summed E-state index contributed by atoms with van der Waals surface area (Å²) in [6.07, 6.45) is 3.20. The number of methoxy groups -OCH3 is 1. The summed E-state index contributed by atoms with van der Waals surface area (Å²) in [5.74, 6) is 0.516. The molecular weight excluding hydrogens is 417 g/mol. The van der Waals surface area contributed by atoms with Gasteiger partial charge in [0.2, 0.25) is 5.91 Å². The molecule has 168 valence electrons. The summed E-state index contributed by atoms with van der Waals surface area (Å²) < 4.78 is 24.6. The molecule has 1 aromatic heterocycles. The third-order valence-electron chi connectivity index (χ3n) is 5.67. The van der Waals surface area contributed by atoms with Crippen molar-refractivity contribution >= 4 is 28.1 Å². The average Bonchev–Trinajstić information content (AvgIpc) is 3.21. The van der Waals surface area contributed by atoms with Crippen LogP contribution in [0.2, 0.25) is 0 Å². The number of anilines is 1. The minimum atomic E-state index is -0.294. The number of hydrogen-bond acceptors (Lipinski definition) is 3. The Balaban J connectivity index is 1.65. The molecule has 0 aliphatic carbocycles. The molecular formula is C28H26FNO3. The van der Waals surface area contributed by atoms with Crippen LogP contribution >= 0.6 is 0 Å². The van der Waals surface area contributed by atoms with E-state index >= 15 is 0 Å². The molecule has 4 aromatic rings. The number of carbonyl (C=O) groups is 1. The lowest BCUT2D eigenvalue weighted by atomic mass is 9.99. The van der Waals surface area contributed by atoms with Crippen molar-refractivity contribution in [1.29, 1.82) is 0 Å². The fourth-order valence-corrected chi connectivity index (χ4v) is 3.79. The predicted molar refractivity (Wildman–Crippen MR) is 131 cm³/mol. The second kappa shape index (κ2) is 9.33. The number of furan rings is 1. The number of allylic oxidation sites excluding steroid dienone is 1. The van der Waals surface area contributed by atoms with Gasteiger partial charge in [0, 0.05) is 34.3 Å². The Morgan fingerprint density at radius 3 is 2.39 bits per heavy atom. The van der Waals surface area contributed by atoms with Crippen LogP contribution in [0.15, 0.2) is 77.4 Å². The molecule has 1 amide bonds. The molecule has 0 radical (unpaired) electrons. The molecule has 0 atom stereocenters. The van der Waals surface area contributed by atoms with Crippen LogP contribution in [-0.4, -0.2) is 13.0 Å². The molecule has 0 spiro atoms. The van der Waals surface area contributed by atoms with Gasteiger partial charge in [-0.3, -0.25) is 4.79 Å². The van der Waals surface area contributed by atoms with Gasteiger partial charge in [-0.1, -0.05) is 38.1 Å². The average molecular weight is 444 g/mol. The summed E-state index contributed by atoms with van der Waals surface area (Å²) in [6.45, 7) is 6.12. The van der Waals surface area contributed by atoms with E-state index in [9.17, 15) is 9.18 Å². The van der Waals surface area contributed by atoms with Crippen molar-refractivity contribution in [3.63, 3.8) is 0 Å². The fourth-order valence-electron chi connectivity index (χ4n) is 3.79. The third kappa shape index (κ3) is 4.82. The lowest BCUT2D eigenvalue weighted by Crippen LogP contribution is -2.08. The van der Waals surface area contributed by atoms with Crippen molar-refractivity contribution in [3.05, 3.63) is 89.9 Å². The van der Waals surface area contributed by atoms with E-state index in [4.69, 9.17) is 9.15 Å². The third-order valence-corrected chi connectivity index (χ3v) is 5.67. The normalized spacial score (nSPS) is 11.8. The summed E-state index contributed by atoms with van der Waals surface area (Å²) in [6, 6.07) is 17.9. The van der Waals surface area contributed by atoms with Crippen LogP contribution in [0.3, 0.4) is 0 Å². The van der Waals surface area contributed by atoms with Gasteiger partial charge in [-0.25, -0.2) is 4.39 Å². The molecule has 5 heteroatoms. The molecule has 4 rings (SSSR count). The Morgan fingerprint density at radius 2 is 1.76 bits per heavy atom. The molecule has 0 fully saturated rings. The predicted octanol–water partition coefficient (Wildman–Crippen LogP) is 7.41. The van der Waals surface area contributed by atoms with Crippen LogP contribution in [0.1, 0.15) is 37.8 Å². The highest BCUT2D eigenvalue weighted by molar-refractivity contribution is 6.05. The van der Waals surface area contributed by atoms with E-state index in [-0.39, 0.29) is 11.7 Å². The van der Waals surface area contributed by atoms with E-state index in [1.807, 2.05) is 37.3 Å². The molecule has 0 unspecified atom stereocenters. The molecule has 1 N–H and O–H groups in total. The monoisotopic (exact) mass is 443 g/mol. The first-order valence-electron chi connectivity index (χ1n) is 10.8. The minimum Gasteiger partial charge on any atom is -0.496 e. The van der Waals surface area contributed by atoms with Crippen LogP contribution in [-0.2, 0) is 4.79 Å². The van der Waals surface area contributed by atoms with Crippen molar-refractivity contribution in [2.75, 3.05) is 12.4 Å². The summed E-state index contributed by atoms with van der Waals surface area (Å²) in [5.41, 5.74) is 5.82. The number of ether oxygens (including phenoxy) is 1. The zero-order valence-electron chi connectivity index (χ0n) is 19.1. The van der Waals surface area contributed by atoms with Crippen LogP contribution in [0.25, 0.3) is 27.7 Å². The maximum absolute atomic E-state index is 13.4.